The zero-order valence-electron chi connectivity index (χ0n) is 9.07. The molecule has 2 atom stereocenters. The first-order chi connectivity index (χ1) is 6.67. The third-order valence-corrected chi connectivity index (χ3v) is 4.28. The summed E-state index contributed by atoms with van der Waals surface area (Å²) in [7, 11) is 2.01. The minimum absolute atomic E-state index is 0.539. The fraction of sp³-hybridized carbons (Fsp3) is 0.778. The highest BCUT2D eigenvalue weighted by atomic mass is 32.2. The SMILES string of the molecule is CCC(NC)C(C)Sc1nc(C)ns1. The molecule has 3 nitrogen and oxygen atoms in total. The zero-order chi connectivity index (χ0) is 10.6. The average Bonchev–Trinajstić information content (AvgIpc) is 2.53. The van der Waals surface area contributed by atoms with E-state index in [4.69, 9.17) is 0 Å². The molecule has 14 heavy (non-hydrogen) atoms. The predicted octanol–water partition coefficient (Wildman–Crippen LogP) is 2.33. The molecular weight excluding hydrogens is 214 g/mol. The van der Waals surface area contributed by atoms with Crippen LogP contribution in [0.15, 0.2) is 4.34 Å². The van der Waals surface area contributed by atoms with Gasteiger partial charge < -0.3 is 5.32 Å². The normalized spacial score (nSPS) is 15.4. The fourth-order valence-corrected chi connectivity index (χ4v) is 3.50. The Labute approximate surface area is 93.9 Å². The number of nitrogens with one attached hydrogen (secondary N) is 1. The second-order valence-electron chi connectivity index (χ2n) is 3.23. The average molecular weight is 231 g/mol. The monoisotopic (exact) mass is 231 g/mol. The standard InChI is InChI=1S/C9H17N3S2/c1-5-8(10-4)6(2)13-9-11-7(3)12-14-9/h6,8,10H,5H2,1-4H3. The van der Waals surface area contributed by atoms with Gasteiger partial charge in [0.25, 0.3) is 0 Å². The van der Waals surface area contributed by atoms with Crippen LogP contribution in [0.4, 0.5) is 0 Å². The summed E-state index contributed by atoms with van der Waals surface area (Å²) in [4.78, 5) is 4.34. The molecule has 0 radical (unpaired) electrons. The maximum atomic E-state index is 4.34. The Balaban J connectivity index is 2.51. The summed E-state index contributed by atoms with van der Waals surface area (Å²) in [5.41, 5.74) is 0. The molecule has 2 unspecified atom stereocenters. The second kappa shape index (κ2) is 5.68. The summed E-state index contributed by atoms with van der Waals surface area (Å²) in [5, 5.41) is 3.85. The number of hydrogen-bond acceptors (Lipinski definition) is 5. The molecule has 5 heteroatoms. The second-order valence-corrected chi connectivity index (χ2v) is 5.61. The topological polar surface area (TPSA) is 37.8 Å². The molecule has 0 aliphatic carbocycles. The molecule has 1 N–H and O–H groups in total. The van der Waals surface area contributed by atoms with Gasteiger partial charge in [-0.15, -0.1) is 0 Å². The molecule has 0 aliphatic heterocycles. The number of thioether (sulfide) groups is 1. The third kappa shape index (κ3) is 3.22. The first kappa shape index (κ1) is 11.9. The number of aromatic nitrogens is 2. The van der Waals surface area contributed by atoms with Crippen LogP contribution in [-0.2, 0) is 0 Å². The Morgan fingerprint density at radius 2 is 2.29 bits per heavy atom. The molecule has 0 aliphatic rings. The van der Waals surface area contributed by atoms with Crippen LogP contribution in [0.3, 0.4) is 0 Å². The van der Waals surface area contributed by atoms with E-state index < -0.39 is 0 Å². The van der Waals surface area contributed by atoms with E-state index >= 15 is 0 Å². The van der Waals surface area contributed by atoms with Gasteiger partial charge in [0, 0.05) is 11.3 Å². The molecule has 0 bridgehead atoms. The largest absolute Gasteiger partial charge is 0.316 e. The lowest BCUT2D eigenvalue weighted by Crippen LogP contribution is -2.33. The van der Waals surface area contributed by atoms with E-state index in [9.17, 15) is 0 Å². The summed E-state index contributed by atoms with van der Waals surface area (Å²) in [6.45, 7) is 6.36. The van der Waals surface area contributed by atoms with Crippen LogP contribution in [0.5, 0.6) is 0 Å². The molecule has 0 fully saturated rings. The lowest BCUT2D eigenvalue weighted by atomic mass is 10.2. The van der Waals surface area contributed by atoms with Gasteiger partial charge in [0.05, 0.1) is 0 Å². The highest BCUT2D eigenvalue weighted by Gasteiger charge is 2.16. The molecule has 1 heterocycles. The number of aryl methyl sites for hydroxylation is 1. The van der Waals surface area contributed by atoms with Crippen molar-refractivity contribution < 1.29 is 0 Å². The van der Waals surface area contributed by atoms with Gasteiger partial charge in [0.1, 0.15) is 5.82 Å². The van der Waals surface area contributed by atoms with Crippen molar-refractivity contribution in [2.24, 2.45) is 0 Å². The van der Waals surface area contributed by atoms with E-state index in [1.807, 2.05) is 14.0 Å². The van der Waals surface area contributed by atoms with E-state index in [2.05, 4.69) is 28.5 Å². The van der Waals surface area contributed by atoms with E-state index in [-0.39, 0.29) is 0 Å². The van der Waals surface area contributed by atoms with Crippen molar-refractivity contribution in [3.8, 4) is 0 Å². The third-order valence-electron chi connectivity index (χ3n) is 2.17. The molecule has 0 amide bonds. The maximum absolute atomic E-state index is 4.34. The smallest absolute Gasteiger partial charge is 0.170 e. The predicted molar refractivity (Wildman–Crippen MR) is 63.1 cm³/mol. The van der Waals surface area contributed by atoms with Crippen molar-refractivity contribution in [2.75, 3.05) is 7.05 Å². The fourth-order valence-electron chi connectivity index (χ4n) is 1.34. The lowest BCUT2D eigenvalue weighted by Gasteiger charge is -2.20. The van der Waals surface area contributed by atoms with Gasteiger partial charge in [0.15, 0.2) is 4.34 Å². The van der Waals surface area contributed by atoms with E-state index in [1.165, 1.54) is 11.5 Å². The first-order valence-electron chi connectivity index (χ1n) is 4.81. The van der Waals surface area contributed by atoms with Crippen molar-refractivity contribution in [1.29, 1.82) is 0 Å². The Hall–Kier alpha value is -0.130. The Morgan fingerprint density at radius 1 is 1.57 bits per heavy atom. The van der Waals surface area contributed by atoms with Crippen molar-refractivity contribution in [1.82, 2.24) is 14.7 Å². The van der Waals surface area contributed by atoms with Crippen LogP contribution in [-0.4, -0.2) is 27.7 Å². The molecule has 0 aromatic carbocycles. The van der Waals surface area contributed by atoms with Crippen LogP contribution in [0.2, 0.25) is 0 Å². The quantitative estimate of drug-likeness (QED) is 0.789. The summed E-state index contributed by atoms with van der Waals surface area (Å²) in [6.07, 6.45) is 1.14. The molecule has 80 valence electrons. The first-order valence-corrected chi connectivity index (χ1v) is 6.47. The molecular formula is C9H17N3S2. The van der Waals surface area contributed by atoms with Crippen LogP contribution in [0.25, 0.3) is 0 Å². The lowest BCUT2D eigenvalue weighted by molar-refractivity contribution is 0.541. The minimum Gasteiger partial charge on any atom is -0.316 e. The summed E-state index contributed by atoms with van der Waals surface area (Å²) >= 11 is 3.29. The molecule has 1 aromatic rings. The van der Waals surface area contributed by atoms with Gasteiger partial charge in [-0.2, -0.15) is 4.37 Å². The number of hydrogen-bond donors (Lipinski definition) is 1. The summed E-state index contributed by atoms with van der Waals surface area (Å²) in [5.74, 6) is 0.877. The summed E-state index contributed by atoms with van der Waals surface area (Å²) < 4.78 is 5.24. The minimum atomic E-state index is 0.539. The zero-order valence-corrected chi connectivity index (χ0v) is 10.7. The van der Waals surface area contributed by atoms with Crippen LogP contribution in [0.1, 0.15) is 26.1 Å². The van der Waals surface area contributed by atoms with Crippen molar-refractivity contribution in [2.45, 2.75) is 42.8 Å². The summed E-state index contributed by atoms with van der Waals surface area (Å²) in [6, 6.07) is 0.546. The van der Waals surface area contributed by atoms with Crippen molar-refractivity contribution >= 4 is 23.3 Å². The van der Waals surface area contributed by atoms with E-state index in [1.54, 1.807) is 11.8 Å². The Kier molecular flexibility index (Phi) is 4.84. The van der Waals surface area contributed by atoms with Crippen LogP contribution >= 0.6 is 23.3 Å². The van der Waals surface area contributed by atoms with Gasteiger partial charge in [0.2, 0.25) is 0 Å². The number of rotatable bonds is 5. The van der Waals surface area contributed by atoms with Gasteiger partial charge in [-0.3, -0.25) is 0 Å². The van der Waals surface area contributed by atoms with Crippen LogP contribution in [0, 0.1) is 6.92 Å². The van der Waals surface area contributed by atoms with E-state index in [0.717, 1.165) is 16.6 Å². The Morgan fingerprint density at radius 3 is 2.71 bits per heavy atom. The number of nitrogens with zero attached hydrogens (tertiary/aromatic N) is 2. The van der Waals surface area contributed by atoms with Crippen molar-refractivity contribution in [3.05, 3.63) is 5.82 Å². The molecule has 0 saturated heterocycles. The van der Waals surface area contributed by atoms with Gasteiger partial charge in [-0.1, -0.05) is 25.6 Å². The van der Waals surface area contributed by atoms with E-state index in [0.29, 0.717) is 11.3 Å². The Bertz CT molecular complexity index is 271. The highest BCUT2D eigenvalue weighted by Crippen LogP contribution is 2.27. The molecule has 1 aromatic heterocycles. The van der Waals surface area contributed by atoms with Gasteiger partial charge in [-0.05, 0) is 31.9 Å². The van der Waals surface area contributed by atoms with Gasteiger partial charge in [-0.25, -0.2) is 4.98 Å². The molecule has 0 spiro atoms. The van der Waals surface area contributed by atoms with Crippen molar-refractivity contribution in [3.63, 3.8) is 0 Å². The maximum Gasteiger partial charge on any atom is 0.170 e. The van der Waals surface area contributed by atoms with Gasteiger partial charge >= 0.3 is 0 Å². The van der Waals surface area contributed by atoms with Crippen LogP contribution < -0.4 is 5.32 Å². The highest BCUT2D eigenvalue weighted by molar-refractivity contribution is 8.01. The molecule has 0 saturated carbocycles. The molecule has 1 rings (SSSR count).